The molecule has 9 nitrogen and oxygen atoms in total. The first-order chi connectivity index (χ1) is 17.5. The van der Waals surface area contributed by atoms with Crippen LogP contribution in [0.25, 0.3) is 0 Å². The van der Waals surface area contributed by atoms with E-state index in [1.54, 1.807) is 25.1 Å². The Balaban J connectivity index is 1.66. The van der Waals surface area contributed by atoms with Crippen LogP contribution in [-0.4, -0.2) is 52.6 Å². The second-order valence-corrected chi connectivity index (χ2v) is 10.3. The lowest BCUT2D eigenvalue weighted by Crippen LogP contribution is -2.61. The third-order valence-corrected chi connectivity index (χ3v) is 7.45. The van der Waals surface area contributed by atoms with Crippen molar-refractivity contribution in [1.29, 1.82) is 5.41 Å². The number of ether oxygens (including phenoxy) is 2. The van der Waals surface area contributed by atoms with Gasteiger partial charge in [-0.25, -0.2) is 0 Å². The topological polar surface area (TPSA) is 124 Å². The lowest BCUT2D eigenvalue weighted by molar-refractivity contribution is -0.132. The maximum Gasteiger partial charge on any atom is 0.251 e. The van der Waals surface area contributed by atoms with E-state index in [-0.39, 0.29) is 30.8 Å². The first kappa shape index (κ1) is 26.5. The normalized spacial score (nSPS) is 26.0. The van der Waals surface area contributed by atoms with Crippen LogP contribution in [0, 0.1) is 5.41 Å². The Hall–Kier alpha value is -3.59. The highest BCUT2D eigenvalue weighted by molar-refractivity contribution is 6.00. The predicted molar refractivity (Wildman–Crippen MR) is 140 cm³/mol. The van der Waals surface area contributed by atoms with Crippen molar-refractivity contribution >= 4 is 17.8 Å². The summed E-state index contributed by atoms with van der Waals surface area (Å²) in [5, 5.41) is 25.8. The van der Waals surface area contributed by atoms with Gasteiger partial charge in [0.2, 0.25) is 5.91 Å². The third kappa shape index (κ3) is 5.00. The highest BCUT2D eigenvalue weighted by Gasteiger charge is 2.42. The molecule has 2 amide bonds. The zero-order chi connectivity index (χ0) is 27.0. The molecule has 1 fully saturated rings. The lowest BCUT2D eigenvalue weighted by Gasteiger charge is -2.43. The molecule has 2 aliphatic heterocycles. The van der Waals surface area contributed by atoms with E-state index in [9.17, 15) is 14.7 Å². The number of rotatable bonds is 7. The largest absolute Gasteiger partial charge is 0.496 e. The number of aliphatic hydroxyl groups is 1. The fourth-order valence-electron chi connectivity index (χ4n) is 5.09. The van der Waals surface area contributed by atoms with E-state index in [1.807, 2.05) is 45.0 Å². The van der Waals surface area contributed by atoms with Gasteiger partial charge in [0.25, 0.3) is 5.91 Å². The van der Waals surface area contributed by atoms with Crippen LogP contribution < -0.4 is 20.1 Å². The van der Waals surface area contributed by atoms with Crippen LogP contribution in [0.5, 0.6) is 11.5 Å². The number of hydrogen-bond donors (Lipinski definition) is 4. The van der Waals surface area contributed by atoms with Gasteiger partial charge in [0.15, 0.2) is 5.96 Å². The average Bonchev–Trinajstić information content (AvgIpc) is 2.87. The molecule has 1 saturated heterocycles. The number of nitrogens with one attached hydrogen (secondary N) is 3. The van der Waals surface area contributed by atoms with Crippen LogP contribution >= 0.6 is 0 Å². The summed E-state index contributed by atoms with van der Waals surface area (Å²) in [6.07, 6.45) is 1.50. The van der Waals surface area contributed by atoms with E-state index in [0.717, 1.165) is 0 Å². The summed E-state index contributed by atoms with van der Waals surface area (Å²) in [6.45, 7) is 7.53. The fourth-order valence-corrected chi connectivity index (χ4v) is 5.09. The number of fused-ring (bicyclic) bond motifs is 1. The number of amides is 2. The number of methoxy groups -OCH3 is 1. The molecule has 4 rings (SSSR count). The van der Waals surface area contributed by atoms with Crippen molar-refractivity contribution in [3.63, 3.8) is 0 Å². The number of carbonyl (C=O) groups excluding carboxylic acids is 2. The minimum Gasteiger partial charge on any atom is -0.496 e. The first-order valence-corrected chi connectivity index (χ1v) is 12.6. The lowest BCUT2D eigenvalue weighted by atomic mass is 9.87. The molecule has 4 N–H and O–H groups in total. The Morgan fingerprint density at radius 3 is 2.68 bits per heavy atom. The summed E-state index contributed by atoms with van der Waals surface area (Å²) in [4.78, 5) is 28.1. The van der Waals surface area contributed by atoms with Crippen molar-refractivity contribution in [3.8, 4) is 11.5 Å². The molecule has 0 saturated carbocycles. The van der Waals surface area contributed by atoms with Gasteiger partial charge in [-0.15, -0.1) is 0 Å². The maximum absolute atomic E-state index is 13.5. The minimum absolute atomic E-state index is 0.0409. The maximum atomic E-state index is 13.5. The van der Waals surface area contributed by atoms with E-state index >= 15 is 0 Å². The third-order valence-electron chi connectivity index (χ3n) is 7.45. The van der Waals surface area contributed by atoms with Gasteiger partial charge in [0, 0.05) is 22.2 Å². The second-order valence-electron chi connectivity index (χ2n) is 10.3. The minimum atomic E-state index is -1.31. The molecule has 2 aromatic rings. The van der Waals surface area contributed by atoms with Crippen LogP contribution in [0.4, 0.5) is 0 Å². The molecule has 37 heavy (non-hydrogen) atoms. The molecule has 0 aromatic heterocycles. The SMILES string of the molecule is CCC(c1cc(C(=O)N[C@@H]2c3ccccc3OC[C@@]2(C)O)ccc1OC)N1C(=N)N[C@](C)(CC)CC1=O. The molecule has 2 aromatic carbocycles. The summed E-state index contributed by atoms with van der Waals surface area (Å²) in [7, 11) is 1.54. The van der Waals surface area contributed by atoms with Gasteiger partial charge in [-0.3, -0.25) is 19.9 Å². The highest BCUT2D eigenvalue weighted by Crippen LogP contribution is 2.39. The monoisotopic (exact) mass is 508 g/mol. The molecule has 1 unspecified atom stereocenters. The number of carbonyl (C=O) groups is 2. The standard InChI is InChI=1S/C28H36N4O5/c1-6-20(32-23(33)15-27(3,7-2)31-26(32)29)19-14-17(12-13-21(19)36-5)25(34)30-24-18-10-8-9-11-22(18)37-16-28(24,4)35/h8-14,20,24,35H,6-7,15-16H2,1-5H3,(H2,29,31)(H,30,34)/t20?,24-,27-,28-/m1/s1. The van der Waals surface area contributed by atoms with Crippen molar-refractivity contribution < 1.29 is 24.2 Å². The zero-order valence-corrected chi connectivity index (χ0v) is 22.1. The number of guanidine groups is 1. The van der Waals surface area contributed by atoms with Gasteiger partial charge in [-0.2, -0.15) is 0 Å². The van der Waals surface area contributed by atoms with Gasteiger partial charge in [0.1, 0.15) is 23.7 Å². The van der Waals surface area contributed by atoms with Gasteiger partial charge >= 0.3 is 0 Å². The van der Waals surface area contributed by atoms with Crippen LogP contribution in [0.15, 0.2) is 42.5 Å². The Morgan fingerprint density at radius 1 is 1.30 bits per heavy atom. The Bertz CT molecular complexity index is 1190. The first-order valence-electron chi connectivity index (χ1n) is 12.6. The highest BCUT2D eigenvalue weighted by atomic mass is 16.5. The van der Waals surface area contributed by atoms with E-state index in [0.29, 0.717) is 41.0 Å². The summed E-state index contributed by atoms with van der Waals surface area (Å²) in [5.41, 5.74) is -0.0815. The number of hydrogen-bond acceptors (Lipinski definition) is 6. The van der Waals surface area contributed by atoms with Crippen molar-refractivity contribution in [2.24, 2.45) is 0 Å². The molecule has 0 spiro atoms. The predicted octanol–water partition coefficient (Wildman–Crippen LogP) is 3.69. The van der Waals surface area contributed by atoms with Gasteiger partial charge in [0.05, 0.1) is 25.6 Å². The van der Waals surface area contributed by atoms with Gasteiger partial charge in [-0.05, 0) is 51.0 Å². The number of nitrogens with zero attached hydrogens (tertiary/aromatic N) is 1. The molecule has 2 aliphatic rings. The molecule has 2 heterocycles. The summed E-state index contributed by atoms with van der Waals surface area (Å²) >= 11 is 0. The molecule has 0 radical (unpaired) electrons. The zero-order valence-electron chi connectivity index (χ0n) is 22.1. The molecular weight excluding hydrogens is 472 g/mol. The Kier molecular flexibility index (Phi) is 7.19. The molecule has 4 atom stereocenters. The number of para-hydroxylation sites is 1. The van der Waals surface area contributed by atoms with Gasteiger partial charge in [-0.1, -0.05) is 32.0 Å². The molecule has 9 heteroatoms. The average molecular weight is 509 g/mol. The quantitative estimate of drug-likeness (QED) is 0.452. The van der Waals surface area contributed by atoms with Crippen molar-refractivity contribution in [2.75, 3.05) is 13.7 Å². The molecule has 0 bridgehead atoms. The van der Waals surface area contributed by atoms with Crippen molar-refractivity contribution in [3.05, 3.63) is 59.2 Å². The van der Waals surface area contributed by atoms with Crippen molar-refractivity contribution in [1.82, 2.24) is 15.5 Å². The van der Waals surface area contributed by atoms with Crippen LogP contribution in [-0.2, 0) is 4.79 Å². The smallest absolute Gasteiger partial charge is 0.251 e. The molecular formula is C28H36N4O5. The fraction of sp³-hybridized carbons (Fsp3) is 0.464. The number of benzene rings is 2. The van der Waals surface area contributed by atoms with E-state index in [2.05, 4.69) is 10.6 Å². The Labute approximate surface area is 217 Å². The van der Waals surface area contributed by atoms with Crippen LogP contribution in [0.3, 0.4) is 0 Å². The van der Waals surface area contributed by atoms with Crippen LogP contribution in [0.1, 0.15) is 80.5 Å². The van der Waals surface area contributed by atoms with E-state index in [1.165, 1.54) is 12.0 Å². The summed E-state index contributed by atoms with van der Waals surface area (Å²) in [6, 6.07) is 11.2. The van der Waals surface area contributed by atoms with E-state index < -0.39 is 23.2 Å². The molecule has 198 valence electrons. The van der Waals surface area contributed by atoms with Crippen LogP contribution in [0.2, 0.25) is 0 Å². The second kappa shape index (κ2) is 10.0. The Morgan fingerprint density at radius 2 is 2.03 bits per heavy atom. The summed E-state index contributed by atoms with van der Waals surface area (Å²) < 4.78 is 11.3. The molecule has 0 aliphatic carbocycles. The van der Waals surface area contributed by atoms with E-state index in [4.69, 9.17) is 14.9 Å². The van der Waals surface area contributed by atoms with Crippen molar-refractivity contribution in [2.45, 2.75) is 70.2 Å². The summed E-state index contributed by atoms with van der Waals surface area (Å²) in [5.74, 6) is 0.661. The van der Waals surface area contributed by atoms with Gasteiger partial charge < -0.3 is 25.2 Å².